The van der Waals surface area contributed by atoms with Gasteiger partial charge in [-0.1, -0.05) is 19.8 Å². The molecule has 2 unspecified atom stereocenters. The topological polar surface area (TPSA) is 57.6 Å². The number of nitrogens with zero attached hydrogens (tertiary/aromatic N) is 1. The molecule has 1 aliphatic carbocycles. The van der Waals surface area contributed by atoms with Crippen molar-refractivity contribution in [2.24, 2.45) is 5.92 Å². The molecule has 1 aliphatic rings. The molecule has 19 heavy (non-hydrogen) atoms. The largest absolute Gasteiger partial charge is 0.508 e. The zero-order valence-corrected chi connectivity index (χ0v) is 12.2. The van der Waals surface area contributed by atoms with Crippen LogP contribution in [0.4, 0.5) is 0 Å². The molecule has 1 aromatic rings. The maximum Gasteiger partial charge on any atom is 0.243 e. The third-order valence-corrected chi connectivity index (χ3v) is 5.94. The van der Waals surface area contributed by atoms with Gasteiger partial charge in [-0.2, -0.15) is 4.31 Å². The molecule has 0 bridgehead atoms. The molecule has 0 saturated heterocycles. The Balaban J connectivity index is 2.25. The first-order valence-corrected chi connectivity index (χ1v) is 8.14. The van der Waals surface area contributed by atoms with Crippen molar-refractivity contribution < 1.29 is 13.5 Å². The van der Waals surface area contributed by atoms with Crippen LogP contribution in [0.5, 0.6) is 5.75 Å². The smallest absolute Gasteiger partial charge is 0.243 e. The average Bonchev–Trinajstić information content (AvgIpc) is 2.39. The quantitative estimate of drug-likeness (QED) is 0.927. The molecule has 2 atom stereocenters. The highest BCUT2D eigenvalue weighted by Gasteiger charge is 2.32. The molecule has 1 aromatic carbocycles. The number of rotatable bonds is 3. The molecule has 0 amide bonds. The van der Waals surface area contributed by atoms with Crippen LogP contribution < -0.4 is 0 Å². The summed E-state index contributed by atoms with van der Waals surface area (Å²) in [6.45, 7) is 2.12. The number of phenols is 1. The highest BCUT2D eigenvalue weighted by molar-refractivity contribution is 7.89. The third kappa shape index (κ3) is 2.92. The average molecular weight is 283 g/mol. The summed E-state index contributed by atoms with van der Waals surface area (Å²) in [5.41, 5.74) is 0. The van der Waals surface area contributed by atoms with Gasteiger partial charge in [-0.15, -0.1) is 0 Å². The van der Waals surface area contributed by atoms with E-state index in [1.54, 1.807) is 7.05 Å². The van der Waals surface area contributed by atoms with Crippen molar-refractivity contribution in [2.45, 2.75) is 43.5 Å². The minimum absolute atomic E-state index is 0.0764. The minimum Gasteiger partial charge on any atom is -0.508 e. The van der Waals surface area contributed by atoms with E-state index in [0.717, 1.165) is 19.3 Å². The molecule has 0 radical (unpaired) electrons. The fraction of sp³-hybridized carbons (Fsp3) is 0.571. The Morgan fingerprint density at radius 2 is 1.74 bits per heavy atom. The van der Waals surface area contributed by atoms with Gasteiger partial charge in [-0.25, -0.2) is 8.42 Å². The third-order valence-electron chi connectivity index (χ3n) is 4.05. The van der Waals surface area contributed by atoms with Crippen LogP contribution in [-0.4, -0.2) is 30.9 Å². The summed E-state index contributed by atoms with van der Waals surface area (Å²) in [7, 11) is -1.80. The van der Waals surface area contributed by atoms with Gasteiger partial charge in [0.15, 0.2) is 0 Å². The normalized spacial score (nSPS) is 24.6. The first kappa shape index (κ1) is 14.3. The SMILES string of the molecule is CC1CCCCC1N(C)S(=O)(=O)c1ccc(O)cc1. The molecule has 4 nitrogen and oxygen atoms in total. The Morgan fingerprint density at radius 1 is 1.16 bits per heavy atom. The first-order chi connectivity index (χ1) is 8.93. The Kier molecular flexibility index (Phi) is 4.16. The van der Waals surface area contributed by atoms with E-state index in [2.05, 4.69) is 6.92 Å². The molecule has 1 N–H and O–H groups in total. The van der Waals surface area contributed by atoms with Crippen molar-refractivity contribution in [3.63, 3.8) is 0 Å². The van der Waals surface area contributed by atoms with Crippen LogP contribution in [0.25, 0.3) is 0 Å². The van der Waals surface area contributed by atoms with Crippen LogP contribution in [0.3, 0.4) is 0 Å². The van der Waals surface area contributed by atoms with Crippen molar-refractivity contribution in [1.29, 1.82) is 0 Å². The van der Waals surface area contributed by atoms with Crippen LogP contribution in [0.1, 0.15) is 32.6 Å². The zero-order chi connectivity index (χ0) is 14.0. The zero-order valence-electron chi connectivity index (χ0n) is 11.4. The van der Waals surface area contributed by atoms with E-state index in [1.165, 1.54) is 35.0 Å². The Bertz CT molecular complexity index is 524. The van der Waals surface area contributed by atoms with Crippen LogP contribution in [-0.2, 0) is 10.0 Å². The van der Waals surface area contributed by atoms with E-state index < -0.39 is 10.0 Å². The molecule has 0 spiro atoms. The number of sulfonamides is 1. The lowest BCUT2D eigenvalue weighted by Crippen LogP contribution is -2.42. The van der Waals surface area contributed by atoms with Crippen molar-refractivity contribution in [2.75, 3.05) is 7.05 Å². The number of hydrogen-bond acceptors (Lipinski definition) is 3. The van der Waals surface area contributed by atoms with Crippen LogP contribution in [0, 0.1) is 5.92 Å². The van der Waals surface area contributed by atoms with E-state index in [1.807, 2.05) is 0 Å². The summed E-state index contributed by atoms with van der Waals surface area (Å²) in [6, 6.07) is 5.80. The Hall–Kier alpha value is -1.07. The molecular weight excluding hydrogens is 262 g/mol. The van der Waals surface area contributed by atoms with Gasteiger partial charge in [0.1, 0.15) is 5.75 Å². The van der Waals surface area contributed by atoms with Gasteiger partial charge in [0.05, 0.1) is 4.90 Å². The highest BCUT2D eigenvalue weighted by atomic mass is 32.2. The number of hydrogen-bond donors (Lipinski definition) is 1. The summed E-state index contributed by atoms with van der Waals surface area (Å²) in [5, 5.41) is 9.24. The van der Waals surface area contributed by atoms with Crippen LogP contribution >= 0.6 is 0 Å². The van der Waals surface area contributed by atoms with Gasteiger partial charge >= 0.3 is 0 Å². The van der Waals surface area contributed by atoms with E-state index >= 15 is 0 Å². The van der Waals surface area contributed by atoms with Crippen molar-refractivity contribution in [3.8, 4) is 5.75 Å². The van der Waals surface area contributed by atoms with Crippen LogP contribution in [0.2, 0.25) is 0 Å². The Labute approximate surface area is 115 Å². The first-order valence-electron chi connectivity index (χ1n) is 6.70. The molecule has 0 heterocycles. The van der Waals surface area contributed by atoms with Crippen molar-refractivity contribution >= 4 is 10.0 Å². The van der Waals surface area contributed by atoms with E-state index in [-0.39, 0.29) is 16.7 Å². The second-order valence-electron chi connectivity index (χ2n) is 5.34. The highest BCUT2D eigenvalue weighted by Crippen LogP contribution is 2.30. The lowest BCUT2D eigenvalue weighted by molar-refractivity contribution is 0.213. The summed E-state index contributed by atoms with van der Waals surface area (Å²) in [4.78, 5) is 0.241. The molecule has 1 saturated carbocycles. The molecular formula is C14H21NO3S. The molecule has 0 aliphatic heterocycles. The predicted octanol–water partition coefficient (Wildman–Crippen LogP) is 2.59. The Morgan fingerprint density at radius 3 is 2.32 bits per heavy atom. The van der Waals surface area contributed by atoms with E-state index in [4.69, 9.17) is 0 Å². The van der Waals surface area contributed by atoms with Crippen LogP contribution in [0.15, 0.2) is 29.2 Å². The second-order valence-corrected chi connectivity index (χ2v) is 7.34. The number of benzene rings is 1. The molecule has 1 fully saturated rings. The number of aromatic hydroxyl groups is 1. The molecule has 2 rings (SSSR count). The van der Waals surface area contributed by atoms with Gasteiger partial charge in [0, 0.05) is 13.1 Å². The second kappa shape index (κ2) is 5.51. The summed E-state index contributed by atoms with van der Waals surface area (Å²) >= 11 is 0. The summed E-state index contributed by atoms with van der Waals surface area (Å²) < 4.78 is 26.6. The fourth-order valence-electron chi connectivity index (χ4n) is 2.80. The minimum atomic E-state index is -3.47. The summed E-state index contributed by atoms with van der Waals surface area (Å²) in [6.07, 6.45) is 4.28. The van der Waals surface area contributed by atoms with Gasteiger partial charge in [-0.05, 0) is 43.0 Å². The van der Waals surface area contributed by atoms with Gasteiger partial charge in [0.25, 0.3) is 0 Å². The lowest BCUT2D eigenvalue weighted by Gasteiger charge is -2.35. The van der Waals surface area contributed by atoms with Crippen molar-refractivity contribution in [3.05, 3.63) is 24.3 Å². The lowest BCUT2D eigenvalue weighted by atomic mass is 9.86. The standard InChI is InChI=1S/C14H21NO3S/c1-11-5-3-4-6-14(11)15(2)19(17,18)13-9-7-12(16)8-10-13/h7-11,14,16H,3-6H2,1-2H3. The van der Waals surface area contributed by atoms with Crippen molar-refractivity contribution in [1.82, 2.24) is 4.31 Å². The van der Waals surface area contributed by atoms with Gasteiger partial charge in [0.2, 0.25) is 10.0 Å². The molecule has 5 heteroatoms. The maximum absolute atomic E-state index is 12.5. The van der Waals surface area contributed by atoms with E-state index in [9.17, 15) is 13.5 Å². The molecule has 106 valence electrons. The fourth-order valence-corrected chi connectivity index (χ4v) is 4.28. The maximum atomic E-state index is 12.5. The monoisotopic (exact) mass is 283 g/mol. The van der Waals surface area contributed by atoms with Gasteiger partial charge in [-0.3, -0.25) is 0 Å². The van der Waals surface area contributed by atoms with E-state index in [0.29, 0.717) is 5.92 Å². The summed E-state index contributed by atoms with van der Waals surface area (Å²) in [5.74, 6) is 0.471. The number of phenolic OH excluding ortho intramolecular Hbond substituents is 1. The predicted molar refractivity (Wildman–Crippen MR) is 74.5 cm³/mol. The van der Waals surface area contributed by atoms with Gasteiger partial charge < -0.3 is 5.11 Å². The molecule has 0 aromatic heterocycles.